The largest absolute Gasteiger partial charge is 0.472 e. The van der Waals surface area contributed by atoms with Gasteiger partial charge in [-0.15, -0.1) is 11.8 Å². The van der Waals surface area contributed by atoms with Gasteiger partial charge in [-0.3, -0.25) is 9.59 Å². The molecular weight excluding hydrogens is 324 g/mol. The van der Waals surface area contributed by atoms with Crippen molar-refractivity contribution >= 4 is 23.6 Å². The van der Waals surface area contributed by atoms with Crippen molar-refractivity contribution in [1.82, 2.24) is 10.2 Å². The highest BCUT2D eigenvalue weighted by molar-refractivity contribution is 7.99. The molecule has 24 heavy (non-hydrogen) atoms. The van der Waals surface area contributed by atoms with E-state index in [1.54, 1.807) is 29.2 Å². The molecule has 1 saturated heterocycles. The average Bonchev–Trinajstić information content (AvgIpc) is 3.11. The number of hydrogen-bond acceptors (Lipinski definition) is 4. The summed E-state index contributed by atoms with van der Waals surface area (Å²) in [5.41, 5.74) is 0.965. The third-order valence-electron chi connectivity index (χ3n) is 4.64. The number of nitrogens with zero attached hydrogens (tertiary/aromatic N) is 1. The van der Waals surface area contributed by atoms with Crippen LogP contribution in [0.25, 0.3) is 0 Å². The number of carbonyl (C=O) groups is 2. The Kier molecular flexibility index (Phi) is 5.87. The molecule has 0 bridgehead atoms. The monoisotopic (exact) mass is 350 g/mol. The maximum Gasteiger partial charge on any atom is 0.243 e. The van der Waals surface area contributed by atoms with Gasteiger partial charge in [-0.2, -0.15) is 0 Å². The van der Waals surface area contributed by atoms with E-state index < -0.39 is 0 Å². The standard InChI is InChI=1S/C18H26N2O3S/c1-2-3-4-5-9-19-16(21)15-12-24-18(14-8-10-23-11-14)20(15)17(22)13-6-7-13/h8,10-11,13,15,18H,2-7,9,12H2,1H3,(H,19,21)/t15-,18+/m0/s1. The van der Waals surface area contributed by atoms with Gasteiger partial charge in [-0.05, 0) is 25.3 Å². The van der Waals surface area contributed by atoms with Gasteiger partial charge in [-0.1, -0.05) is 26.2 Å². The van der Waals surface area contributed by atoms with Crippen LogP contribution in [-0.2, 0) is 9.59 Å². The zero-order valence-electron chi connectivity index (χ0n) is 14.2. The highest BCUT2D eigenvalue weighted by Crippen LogP contribution is 2.45. The molecule has 3 rings (SSSR count). The minimum absolute atomic E-state index is 0.0148. The number of rotatable bonds is 8. The summed E-state index contributed by atoms with van der Waals surface area (Å²) in [6, 6.07) is 1.52. The van der Waals surface area contributed by atoms with Crippen molar-refractivity contribution in [3.05, 3.63) is 24.2 Å². The molecule has 1 aliphatic heterocycles. The second kappa shape index (κ2) is 8.10. The fourth-order valence-corrected chi connectivity index (χ4v) is 4.49. The summed E-state index contributed by atoms with van der Waals surface area (Å²) >= 11 is 1.65. The summed E-state index contributed by atoms with van der Waals surface area (Å²) in [6.45, 7) is 2.87. The van der Waals surface area contributed by atoms with Crippen molar-refractivity contribution in [3.8, 4) is 0 Å². The second-order valence-electron chi connectivity index (χ2n) is 6.63. The minimum atomic E-state index is -0.367. The number of unbranched alkanes of at least 4 members (excludes halogenated alkanes) is 3. The van der Waals surface area contributed by atoms with Crippen LogP contribution in [0.4, 0.5) is 0 Å². The normalized spacial score (nSPS) is 23.5. The fourth-order valence-electron chi connectivity index (χ4n) is 3.07. The van der Waals surface area contributed by atoms with Crippen LogP contribution in [0, 0.1) is 5.92 Å². The van der Waals surface area contributed by atoms with Gasteiger partial charge in [0.25, 0.3) is 0 Å². The van der Waals surface area contributed by atoms with Gasteiger partial charge < -0.3 is 14.6 Å². The van der Waals surface area contributed by atoms with E-state index in [-0.39, 0.29) is 29.1 Å². The van der Waals surface area contributed by atoms with Crippen molar-refractivity contribution in [2.75, 3.05) is 12.3 Å². The summed E-state index contributed by atoms with van der Waals surface area (Å²) in [5.74, 6) is 0.865. The van der Waals surface area contributed by atoms with Gasteiger partial charge in [0, 0.05) is 23.8 Å². The SMILES string of the molecule is CCCCCCNC(=O)[C@@H]1CS[C@H](c2ccoc2)N1C(=O)C1CC1. The van der Waals surface area contributed by atoms with Crippen LogP contribution in [0.3, 0.4) is 0 Å². The number of carbonyl (C=O) groups excluding carboxylic acids is 2. The van der Waals surface area contributed by atoms with Crippen molar-refractivity contribution in [2.45, 2.75) is 56.9 Å². The topological polar surface area (TPSA) is 62.6 Å². The number of hydrogen-bond donors (Lipinski definition) is 1. The molecule has 1 aromatic rings. The first-order valence-corrected chi connectivity index (χ1v) is 10.0. The predicted molar refractivity (Wildman–Crippen MR) is 94.4 cm³/mol. The average molecular weight is 350 g/mol. The highest BCUT2D eigenvalue weighted by atomic mass is 32.2. The Morgan fingerprint density at radius 3 is 2.83 bits per heavy atom. The lowest BCUT2D eigenvalue weighted by atomic mass is 10.1. The van der Waals surface area contributed by atoms with E-state index in [2.05, 4.69) is 12.2 Å². The second-order valence-corrected chi connectivity index (χ2v) is 7.74. The van der Waals surface area contributed by atoms with Crippen LogP contribution in [-0.4, -0.2) is 35.1 Å². The van der Waals surface area contributed by atoms with E-state index in [1.165, 1.54) is 12.8 Å². The molecule has 5 nitrogen and oxygen atoms in total. The zero-order chi connectivity index (χ0) is 16.9. The van der Waals surface area contributed by atoms with Gasteiger partial charge in [0.1, 0.15) is 11.4 Å². The highest BCUT2D eigenvalue weighted by Gasteiger charge is 2.46. The molecule has 2 fully saturated rings. The Balaban J connectivity index is 1.62. The minimum Gasteiger partial charge on any atom is -0.472 e. The Morgan fingerprint density at radius 2 is 2.17 bits per heavy atom. The fraction of sp³-hybridized carbons (Fsp3) is 0.667. The predicted octanol–water partition coefficient (Wildman–Crippen LogP) is 3.33. The van der Waals surface area contributed by atoms with Crippen molar-refractivity contribution < 1.29 is 14.0 Å². The van der Waals surface area contributed by atoms with Gasteiger partial charge >= 0.3 is 0 Å². The molecule has 0 spiro atoms. The van der Waals surface area contributed by atoms with Gasteiger partial charge in [-0.25, -0.2) is 0 Å². The molecule has 2 atom stereocenters. The Labute approximate surface area is 147 Å². The molecule has 1 aromatic heterocycles. The maximum absolute atomic E-state index is 12.7. The van der Waals surface area contributed by atoms with Crippen molar-refractivity contribution in [1.29, 1.82) is 0 Å². The van der Waals surface area contributed by atoms with E-state index in [9.17, 15) is 9.59 Å². The van der Waals surface area contributed by atoms with Gasteiger partial charge in [0.15, 0.2) is 0 Å². The molecule has 2 heterocycles. The number of amides is 2. The van der Waals surface area contributed by atoms with Crippen LogP contribution < -0.4 is 5.32 Å². The van der Waals surface area contributed by atoms with Crippen LogP contribution in [0.1, 0.15) is 56.4 Å². The van der Waals surface area contributed by atoms with Crippen LogP contribution >= 0.6 is 11.8 Å². The summed E-state index contributed by atoms with van der Waals surface area (Å²) in [5, 5.41) is 2.92. The molecule has 1 saturated carbocycles. The molecular formula is C18H26N2O3S. The lowest BCUT2D eigenvalue weighted by Gasteiger charge is -2.28. The van der Waals surface area contributed by atoms with E-state index >= 15 is 0 Å². The number of furan rings is 1. The first-order valence-electron chi connectivity index (χ1n) is 8.96. The van der Waals surface area contributed by atoms with Crippen molar-refractivity contribution in [3.63, 3.8) is 0 Å². The quantitative estimate of drug-likeness (QED) is 0.731. The molecule has 2 aliphatic rings. The van der Waals surface area contributed by atoms with E-state index in [0.717, 1.165) is 31.2 Å². The maximum atomic E-state index is 12.7. The molecule has 2 amide bonds. The summed E-state index contributed by atoms with van der Waals surface area (Å²) < 4.78 is 5.18. The molecule has 0 unspecified atom stereocenters. The molecule has 1 aliphatic carbocycles. The zero-order valence-corrected chi connectivity index (χ0v) is 15.0. The van der Waals surface area contributed by atoms with Crippen LogP contribution in [0.5, 0.6) is 0 Å². The summed E-state index contributed by atoms with van der Waals surface area (Å²) in [6.07, 6.45) is 9.71. The lowest BCUT2D eigenvalue weighted by molar-refractivity contribution is -0.140. The van der Waals surface area contributed by atoms with Crippen LogP contribution in [0.2, 0.25) is 0 Å². The van der Waals surface area contributed by atoms with E-state index in [4.69, 9.17) is 4.42 Å². The molecule has 1 N–H and O–H groups in total. The molecule has 0 aromatic carbocycles. The van der Waals surface area contributed by atoms with Crippen molar-refractivity contribution in [2.24, 2.45) is 5.92 Å². The molecule has 0 radical (unpaired) electrons. The Bertz CT molecular complexity index is 557. The lowest BCUT2D eigenvalue weighted by Crippen LogP contribution is -2.48. The third kappa shape index (κ3) is 3.97. The first-order chi connectivity index (χ1) is 11.7. The van der Waals surface area contributed by atoms with E-state index in [1.807, 2.05) is 6.07 Å². The van der Waals surface area contributed by atoms with Crippen LogP contribution in [0.15, 0.2) is 23.0 Å². The summed E-state index contributed by atoms with van der Waals surface area (Å²) in [7, 11) is 0. The van der Waals surface area contributed by atoms with Gasteiger partial charge in [0.2, 0.25) is 11.8 Å². The molecule has 132 valence electrons. The van der Waals surface area contributed by atoms with Gasteiger partial charge in [0.05, 0.1) is 12.5 Å². The Morgan fingerprint density at radius 1 is 1.33 bits per heavy atom. The first kappa shape index (κ1) is 17.4. The van der Waals surface area contributed by atoms with E-state index in [0.29, 0.717) is 12.3 Å². The number of nitrogens with one attached hydrogen (secondary N) is 1. The third-order valence-corrected chi connectivity index (χ3v) is 5.97. The Hall–Kier alpha value is -1.43. The smallest absolute Gasteiger partial charge is 0.243 e. The summed E-state index contributed by atoms with van der Waals surface area (Å²) in [4.78, 5) is 27.2. The number of thioether (sulfide) groups is 1. The molecule has 6 heteroatoms.